The molecule has 2 N–H and O–H groups in total. The van der Waals surface area contributed by atoms with Crippen LogP contribution in [0.1, 0.15) is 0 Å². The molecule has 0 aromatic carbocycles. The van der Waals surface area contributed by atoms with Crippen molar-refractivity contribution in [2.75, 3.05) is 95.0 Å². The second kappa shape index (κ2) is 33.6. The number of aliphatic imine (C=N–C) groups is 2. The van der Waals surface area contributed by atoms with Gasteiger partial charge < -0.3 is 24.9 Å². The van der Waals surface area contributed by atoms with E-state index in [0.717, 1.165) is 50.6 Å². The molecule has 0 bridgehead atoms. The van der Waals surface area contributed by atoms with Crippen molar-refractivity contribution in [3.63, 3.8) is 0 Å². The Hall–Kier alpha value is 0.540. The number of thioether (sulfide) groups is 7. The molecule has 0 spiro atoms. The van der Waals surface area contributed by atoms with Crippen LogP contribution in [-0.2, 0) is 24.3 Å². The van der Waals surface area contributed by atoms with E-state index < -0.39 is 0 Å². The van der Waals surface area contributed by atoms with Crippen molar-refractivity contribution in [3.05, 3.63) is 0 Å². The summed E-state index contributed by atoms with van der Waals surface area (Å²) < 4.78 is 5.16. The Morgan fingerprint density at radius 3 is 2.19 bits per heavy atom. The molecule has 10 nitrogen and oxygen atoms in total. The number of aliphatic hydroxyl groups excluding tert-OH is 1. The van der Waals surface area contributed by atoms with Gasteiger partial charge in [0.25, 0.3) is 0 Å². The van der Waals surface area contributed by atoms with Crippen LogP contribution in [0, 0.1) is 0 Å². The Morgan fingerprint density at radius 2 is 1.44 bits per heavy atom. The summed E-state index contributed by atoms with van der Waals surface area (Å²) in [6.45, 7) is 2.85. The number of aliphatic hydroxyl groups is 1. The van der Waals surface area contributed by atoms with Crippen molar-refractivity contribution in [1.29, 1.82) is 0 Å². The second-order valence-electron chi connectivity index (χ2n) is 5.85. The molecule has 0 aromatic rings. The summed E-state index contributed by atoms with van der Waals surface area (Å²) in [6, 6.07) is 0. The van der Waals surface area contributed by atoms with Gasteiger partial charge in [-0.25, -0.2) is 4.79 Å². The average Bonchev–Trinajstić information content (AvgIpc) is 2.88. The van der Waals surface area contributed by atoms with E-state index in [4.69, 9.17) is 29.4 Å². The lowest BCUT2D eigenvalue weighted by molar-refractivity contribution is -0.210. The van der Waals surface area contributed by atoms with E-state index in [9.17, 15) is 4.79 Å². The Labute approximate surface area is 244 Å². The van der Waals surface area contributed by atoms with Crippen LogP contribution < -0.4 is 5.32 Å². The molecular weight excluding hydrogens is 607 g/mol. The van der Waals surface area contributed by atoms with Gasteiger partial charge in [0.05, 0.1) is 19.0 Å². The Kier molecular flexibility index (Phi) is 34.1. The van der Waals surface area contributed by atoms with Gasteiger partial charge in [0.15, 0.2) is 0 Å². The number of hydrogen-bond donors (Lipinski definition) is 2. The van der Waals surface area contributed by atoms with E-state index in [2.05, 4.69) is 15.3 Å². The first-order chi connectivity index (χ1) is 17.8. The molecular formula is C19H37N3O7S7. The first-order valence-corrected chi connectivity index (χ1v) is 19.1. The van der Waals surface area contributed by atoms with Gasteiger partial charge in [-0.1, -0.05) is 0 Å². The molecule has 0 saturated carbocycles. The summed E-state index contributed by atoms with van der Waals surface area (Å²) in [5.74, 6) is 4.77. The SMILES string of the molecule is CSCC/N=C\OOCCSCSCCOC(=O)NCCSCSCC/N=C/OOCSCSCO. The van der Waals surface area contributed by atoms with E-state index in [-0.39, 0.29) is 12.0 Å². The number of nitrogens with zero attached hydrogens (tertiary/aromatic N) is 2. The third-order valence-electron chi connectivity index (χ3n) is 3.17. The minimum absolute atomic E-state index is 0.110. The van der Waals surface area contributed by atoms with Gasteiger partial charge >= 0.3 is 6.09 Å². The lowest BCUT2D eigenvalue weighted by Crippen LogP contribution is -2.27. The first-order valence-electron chi connectivity index (χ1n) is 10.8. The number of hydrogen-bond acceptors (Lipinski definition) is 16. The third-order valence-corrected chi connectivity index (χ3v) is 10.1. The van der Waals surface area contributed by atoms with Crippen molar-refractivity contribution in [2.24, 2.45) is 9.98 Å². The summed E-state index contributed by atoms with van der Waals surface area (Å²) in [7, 11) is 0. The molecule has 0 aliphatic rings. The molecule has 0 unspecified atom stereocenters. The number of carbonyl (C=O) groups is 1. The Balaban J connectivity index is 3.22. The van der Waals surface area contributed by atoms with Crippen molar-refractivity contribution < 1.29 is 34.2 Å². The summed E-state index contributed by atoms with van der Waals surface area (Å²) >= 11 is 11.6. The van der Waals surface area contributed by atoms with Crippen LogP contribution in [0.3, 0.4) is 0 Å². The molecule has 0 aromatic heterocycles. The Bertz CT molecular complexity index is 530. The number of alkyl carbamates (subject to hydrolysis) is 1. The van der Waals surface area contributed by atoms with Crippen LogP contribution in [0.2, 0.25) is 0 Å². The standard InChI is InChI=1S/C19H37N3O7S7/c1-30-7-2-20-12-27-26-6-11-34-17-33-10-5-25-19(24)22-4-9-32-16-31-8-3-21-13-28-29-15-36-18-35-14-23/h12-13,23H,2-11,14-18H2,1H3,(H,22,24)/b20-12-,21-13+. The van der Waals surface area contributed by atoms with E-state index in [1.54, 1.807) is 58.8 Å². The van der Waals surface area contributed by atoms with Crippen molar-refractivity contribution in [2.45, 2.75) is 0 Å². The monoisotopic (exact) mass is 643 g/mol. The van der Waals surface area contributed by atoms with Gasteiger partial charge in [-0.15, -0.1) is 70.6 Å². The number of nitrogens with one attached hydrogen (secondary N) is 1. The van der Waals surface area contributed by atoms with Crippen LogP contribution >= 0.6 is 82.3 Å². The highest BCUT2D eigenvalue weighted by atomic mass is 32.2. The molecule has 0 rings (SSSR count). The minimum Gasteiger partial charge on any atom is -0.449 e. The second-order valence-corrected chi connectivity index (χ2v) is 14.2. The van der Waals surface area contributed by atoms with Gasteiger partial charge in [-0.05, 0) is 6.26 Å². The lowest BCUT2D eigenvalue weighted by atomic mass is 10.7. The zero-order valence-electron chi connectivity index (χ0n) is 20.4. The average molecular weight is 644 g/mol. The van der Waals surface area contributed by atoms with Crippen LogP contribution in [0.5, 0.6) is 0 Å². The van der Waals surface area contributed by atoms with Crippen LogP contribution in [0.15, 0.2) is 9.98 Å². The quantitative estimate of drug-likeness (QED) is 0.0316. The van der Waals surface area contributed by atoms with Crippen LogP contribution in [0.25, 0.3) is 0 Å². The fraction of sp³-hybridized carbons (Fsp3) is 0.842. The highest BCUT2D eigenvalue weighted by molar-refractivity contribution is 8.16. The molecule has 0 aliphatic heterocycles. The van der Waals surface area contributed by atoms with E-state index in [1.807, 2.05) is 6.26 Å². The molecule has 212 valence electrons. The fourth-order valence-corrected chi connectivity index (χ4v) is 6.79. The third kappa shape index (κ3) is 32.6. The maximum atomic E-state index is 11.7. The largest absolute Gasteiger partial charge is 0.449 e. The summed E-state index contributed by atoms with van der Waals surface area (Å²) in [4.78, 5) is 39.3. The molecule has 0 saturated heterocycles. The number of carbonyl (C=O) groups excluding carboxylic acids is 1. The highest BCUT2D eigenvalue weighted by Crippen LogP contribution is 2.12. The fourth-order valence-electron chi connectivity index (χ4n) is 1.64. The normalized spacial score (nSPS) is 11.4. The molecule has 0 atom stereocenters. The smallest absolute Gasteiger partial charge is 0.407 e. The number of rotatable bonds is 28. The topological polar surface area (TPSA) is 120 Å². The predicted molar refractivity (Wildman–Crippen MR) is 165 cm³/mol. The van der Waals surface area contributed by atoms with E-state index in [1.165, 1.54) is 36.3 Å². The van der Waals surface area contributed by atoms with Crippen LogP contribution in [0.4, 0.5) is 4.79 Å². The molecule has 0 fully saturated rings. The molecule has 17 heteroatoms. The molecule has 0 aliphatic carbocycles. The van der Waals surface area contributed by atoms with Gasteiger partial charge in [0.1, 0.15) is 19.2 Å². The van der Waals surface area contributed by atoms with Crippen molar-refractivity contribution in [1.82, 2.24) is 5.32 Å². The zero-order chi connectivity index (χ0) is 26.2. The lowest BCUT2D eigenvalue weighted by Gasteiger charge is -2.07. The van der Waals surface area contributed by atoms with E-state index >= 15 is 0 Å². The van der Waals surface area contributed by atoms with Gasteiger partial charge in [-0.2, -0.15) is 21.5 Å². The number of amides is 1. The molecule has 0 radical (unpaired) electrons. The minimum atomic E-state index is -0.372. The summed E-state index contributed by atoms with van der Waals surface area (Å²) in [5, 5.41) is 14.0. The first kappa shape index (κ1) is 36.5. The van der Waals surface area contributed by atoms with Gasteiger partial charge in [0, 0.05) is 50.6 Å². The van der Waals surface area contributed by atoms with Crippen molar-refractivity contribution in [3.8, 4) is 0 Å². The number of ether oxygens (including phenoxy) is 1. The maximum Gasteiger partial charge on any atom is 0.407 e. The molecule has 36 heavy (non-hydrogen) atoms. The van der Waals surface area contributed by atoms with Gasteiger partial charge in [0.2, 0.25) is 12.8 Å². The van der Waals surface area contributed by atoms with E-state index in [0.29, 0.717) is 32.2 Å². The highest BCUT2D eigenvalue weighted by Gasteiger charge is 2.01. The zero-order valence-corrected chi connectivity index (χ0v) is 26.1. The summed E-state index contributed by atoms with van der Waals surface area (Å²) in [5.41, 5.74) is 0. The Morgan fingerprint density at radius 1 is 0.806 bits per heavy atom. The summed E-state index contributed by atoms with van der Waals surface area (Å²) in [6.07, 6.45) is 4.31. The van der Waals surface area contributed by atoms with Crippen LogP contribution in [-0.4, -0.2) is 119 Å². The molecule has 1 amide bonds. The molecule has 0 heterocycles. The maximum absolute atomic E-state index is 11.7. The van der Waals surface area contributed by atoms with Gasteiger partial charge in [-0.3, -0.25) is 9.98 Å². The predicted octanol–water partition coefficient (Wildman–Crippen LogP) is 4.21. The van der Waals surface area contributed by atoms with Crippen molar-refractivity contribution >= 4 is 101 Å².